The third kappa shape index (κ3) is 4.09. The third-order valence-corrected chi connectivity index (χ3v) is 4.95. The molecule has 0 nitrogen and oxygen atoms in total. The van der Waals surface area contributed by atoms with Gasteiger partial charge in [-0.15, -0.1) is 0 Å². The minimum Gasteiger partial charge on any atom is -0.0884 e. The van der Waals surface area contributed by atoms with E-state index in [1.54, 1.807) is 11.1 Å². The summed E-state index contributed by atoms with van der Waals surface area (Å²) < 4.78 is 0. The van der Waals surface area contributed by atoms with Crippen molar-refractivity contribution in [3.63, 3.8) is 0 Å². The monoisotopic (exact) mass is 258 g/mol. The van der Waals surface area contributed by atoms with Gasteiger partial charge in [-0.25, -0.2) is 0 Å². The highest BCUT2D eigenvalue weighted by Gasteiger charge is 2.35. The summed E-state index contributed by atoms with van der Waals surface area (Å²) in [7, 11) is 0. The van der Waals surface area contributed by atoms with E-state index in [0.717, 1.165) is 17.8 Å². The molecule has 0 N–H and O–H groups in total. The topological polar surface area (TPSA) is 0 Å². The van der Waals surface area contributed by atoms with Crippen molar-refractivity contribution >= 4 is 0 Å². The molecule has 2 bridgehead atoms. The van der Waals surface area contributed by atoms with Gasteiger partial charge in [0, 0.05) is 0 Å². The van der Waals surface area contributed by atoms with Crippen molar-refractivity contribution in [3.05, 3.63) is 35.5 Å². The van der Waals surface area contributed by atoms with E-state index >= 15 is 0 Å². The molecule has 2 rings (SSSR count). The Hall–Kier alpha value is -0.780. The number of hydrogen-bond acceptors (Lipinski definition) is 0. The molecule has 2 aliphatic carbocycles. The lowest BCUT2D eigenvalue weighted by Gasteiger charge is -2.19. The van der Waals surface area contributed by atoms with E-state index in [1.165, 1.54) is 44.9 Å². The van der Waals surface area contributed by atoms with E-state index < -0.39 is 0 Å². The molecule has 0 aliphatic heterocycles. The van der Waals surface area contributed by atoms with E-state index in [-0.39, 0.29) is 0 Å². The number of fused-ring (bicyclic) bond motifs is 2. The molecule has 1 saturated carbocycles. The van der Waals surface area contributed by atoms with E-state index in [2.05, 4.69) is 45.1 Å². The van der Waals surface area contributed by atoms with Crippen LogP contribution in [0, 0.1) is 17.8 Å². The predicted octanol–water partition coefficient (Wildman–Crippen LogP) is 6.06. The minimum atomic E-state index is 0.900. The van der Waals surface area contributed by atoms with Crippen molar-refractivity contribution < 1.29 is 0 Å². The van der Waals surface area contributed by atoms with Crippen LogP contribution in [0.2, 0.25) is 0 Å². The van der Waals surface area contributed by atoms with Crippen LogP contribution in [0.15, 0.2) is 35.5 Å². The second-order valence-electron chi connectivity index (χ2n) is 6.53. The average molecular weight is 258 g/mol. The van der Waals surface area contributed by atoms with Gasteiger partial charge in [0.1, 0.15) is 0 Å². The first kappa shape index (κ1) is 14.6. The Bertz CT molecular complexity index is 369. The van der Waals surface area contributed by atoms with E-state index in [1.807, 2.05) is 0 Å². The Morgan fingerprint density at radius 1 is 1.21 bits per heavy atom. The number of rotatable bonds is 7. The molecule has 3 unspecified atom stereocenters. The summed E-state index contributed by atoms with van der Waals surface area (Å²) in [5.41, 5.74) is 3.26. The molecule has 0 aromatic carbocycles. The standard InChI is InChI=1S/C19H30/c1-4-7-15(3)8-6-9-16(5-2)12-19-14-17-10-11-18(19)13-17/h5,8,10-11,17-19H,4,6-7,9,12-14H2,1-3H3/b15-8+,16-5+. The Labute approximate surface area is 119 Å². The highest BCUT2D eigenvalue weighted by atomic mass is 14.4. The summed E-state index contributed by atoms with van der Waals surface area (Å²) >= 11 is 0. The summed E-state index contributed by atoms with van der Waals surface area (Å²) in [6.45, 7) is 6.76. The number of hydrogen-bond donors (Lipinski definition) is 0. The van der Waals surface area contributed by atoms with Gasteiger partial charge in [0.2, 0.25) is 0 Å². The lowest BCUT2D eigenvalue weighted by atomic mass is 9.86. The molecule has 2 aliphatic rings. The molecular formula is C19H30. The molecule has 0 heterocycles. The van der Waals surface area contributed by atoms with E-state index in [0.29, 0.717) is 0 Å². The lowest BCUT2D eigenvalue weighted by Crippen LogP contribution is -2.08. The molecule has 0 spiro atoms. The van der Waals surface area contributed by atoms with Gasteiger partial charge in [0.05, 0.1) is 0 Å². The smallest absolute Gasteiger partial charge is 0.0196 e. The highest BCUT2D eigenvalue weighted by molar-refractivity contribution is 5.14. The molecule has 3 atom stereocenters. The van der Waals surface area contributed by atoms with Crippen LogP contribution in [0.4, 0.5) is 0 Å². The SMILES string of the molecule is C/C=C(\CC/C=C(\C)CCC)CC1CC2C=CC1C2. The van der Waals surface area contributed by atoms with Crippen molar-refractivity contribution in [3.8, 4) is 0 Å². The zero-order chi connectivity index (χ0) is 13.7. The molecule has 0 aromatic heterocycles. The molecule has 0 amide bonds. The van der Waals surface area contributed by atoms with Gasteiger partial charge in [0.25, 0.3) is 0 Å². The van der Waals surface area contributed by atoms with Gasteiger partial charge in [-0.2, -0.15) is 0 Å². The molecule has 106 valence electrons. The van der Waals surface area contributed by atoms with Gasteiger partial charge in [-0.1, -0.05) is 48.8 Å². The van der Waals surface area contributed by atoms with Crippen molar-refractivity contribution in [2.24, 2.45) is 17.8 Å². The Balaban J connectivity index is 1.75. The van der Waals surface area contributed by atoms with Gasteiger partial charge in [-0.05, 0) is 70.1 Å². The first-order chi connectivity index (χ1) is 9.22. The predicted molar refractivity (Wildman–Crippen MR) is 85.1 cm³/mol. The summed E-state index contributed by atoms with van der Waals surface area (Å²) in [5, 5.41) is 0. The molecule has 0 saturated heterocycles. The first-order valence-corrected chi connectivity index (χ1v) is 8.21. The Kier molecular flexibility index (Phi) is 5.48. The van der Waals surface area contributed by atoms with Crippen molar-refractivity contribution in [1.29, 1.82) is 0 Å². The molecular weight excluding hydrogens is 228 g/mol. The lowest BCUT2D eigenvalue weighted by molar-refractivity contribution is 0.439. The summed E-state index contributed by atoms with van der Waals surface area (Å²) in [4.78, 5) is 0. The Morgan fingerprint density at radius 3 is 2.63 bits per heavy atom. The van der Waals surface area contributed by atoms with Crippen LogP contribution in [0.5, 0.6) is 0 Å². The van der Waals surface area contributed by atoms with Gasteiger partial charge < -0.3 is 0 Å². The Morgan fingerprint density at radius 2 is 2.05 bits per heavy atom. The molecule has 0 radical (unpaired) electrons. The van der Waals surface area contributed by atoms with Gasteiger partial charge >= 0.3 is 0 Å². The largest absolute Gasteiger partial charge is 0.0884 e. The molecule has 19 heavy (non-hydrogen) atoms. The normalized spacial score (nSPS) is 30.4. The van der Waals surface area contributed by atoms with Crippen molar-refractivity contribution in [1.82, 2.24) is 0 Å². The fraction of sp³-hybridized carbons (Fsp3) is 0.684. The van der Waals surface area contributed by atoms with Crippen LogP contribution in [0.25, 0.3) is 0 Å². The fourth-order valence-electron chi connectivity index (χ4n) is 3.83. The van der Waals surface area contributed by atoms with Crippen LogP contribution in [-0.2, 0) is 0 Å². The van der Waals surface area contributed by atoms with E-state index in [9.17, 15) is 0 Å². The quantitative estimate of drug-likeness (QED) is 0.487. The summed E-state index contributed by atoms with van der Waals surface area (Å²) in [6, 6.07) is 0. The number of allylic oxidation sites excluding steroid dienone is 6. The van der Waals surface area contributed by atoms with Gasteiger partial charge in [-0.3, -0.25) is 0 Å². The summed E-state index contributed by atoms with van der Waals surface area (Å²) in [6.07, 6.45) is 19.1. The molecule has 1 fully saturated rings. The maximum atomic E-state index is 2.48. The van der Waals surface area contributed by atoms with Crippen LogP contribution in [0.3, 0.4) is 0 Å². The second-order valence-corrected chi connectivity index (χ2v) is 6.53. The van der Waals surface area contributed by atoms with Crippen LogP contribution < -0.4 is 0 Å². The zero-order valence-electron chi connectivity index (χ0n) is 13.0. The van der Waals surface area contributed by atoms with Crippen LogP contribution in [-0.4, -0.2) is 0 Å². The summed E-state index contributed by atoms with van der Waals surface area (Å²) in [5.74, 6) is 2.76. The van der Waals surface area contributed by atoms with Crippen molar-refractivity contribution in [2.45, 2.75) is 65.7 Å². The maximum absolute atomic E-state index is 2.48. The zero-order valence-corrected chi connectivity index (χ0v) is 13.0. The second kappa shape index (κ2) is 7.12. The fourth-order valence-corrected chi connectivity index (χ4v) is 3.83. The van der Waals surface area contributed by atoms with E-state index in [4.69, 9.17) is 0 Å². The van der Waals surface area contributed by atoms with Crippen LogP contribution in [0.1, 0.15) is 65.7 Å². The average Bonchev–Trinajstić information content (AvgIpc) is 3.00. The first-order valence-electron chi connectivity index (χ1n) is 8.21. The molecule has 0 aromatic rings. The van der Waals surface area contributed by atoms with Crippen LogP contribution >= 0.6 is 0 Å². The van der Waals surface area contributed by atoms with Crippen molar-refractivity contribution in [2.75, 3.05) is 0 Å². The third-order valence-electron chi connectivity index (χ3n) is 4.95. The highest BCUT2D eigenvalue weighted by Crippen LogP contribution is 2.46. The molecule has 0 heteroatoms. The minimum absolute atomic E-state index is 0.900. The van der Waals surface area contributed by atoms with Gasteiger partial charge in [0.15, 0.2) is 0 Å². The maximum Gasteiger partial charge on any atom is -0.0196 e.